The summed E-state index contributed by atoms with van der Waals surface area (Å²) in [6, 6.07) is 2.92. The molecule has 0 radical (unpaired) electrons. The summed E-state index contributed by atoms with van der Waals surface area (Å²) >= 11 is 13.8. The van der Waals surface area contributed by atoms with Gasteiger partial charge in [-0.2, -0.15) is 0 Å². The number of halogens is 2. The third-order valence-electron chi connectivity index (χ3n) is 5.18. The van der Waals surface area contributed by atoms with Crippen LogP contribution in [0.25, 0.3) is 11.3 Å². The molecule has 32 heavy (non-hydrogen) atoms. The summed E-state index contributed by atoms with van der Waals surface area (Å²) in [7, 11) is 0. The van der Waals surface area contributed by atoms with Crippen molar-refractivity contribution in [1.82, 2.24) is 10.1 Å². The van der Waals surface area contributed by atoms with E-state index in [1.165, 1.54) is 16.7 Å². The zero-order valence-corrected chi connectivity index (χ0v) is 21.9. The number of amides is 1. The van der Waals surface area contributed by atoms with E-state index in [-0.39, 0.29) is 62.1 Å². The molecule has 1 aromatic heterocycles. The fourth-order valence-corrected chi connectivity index (χ4v) is 6.01. The molecule has 0 spiro atoms. The van der Waals surface area contributed by atoms with Crippen molar-refractivity contribution in [2.75, 3.05) is 0 Å². The first-order valence-electron chi connectivity index (χ1n) is 8.93. The van der Waals surface area contributed by atoms with Gasteiger partial charge in [-0.25, -0.2) is 4.79 Å². The quantitative estimate of drug-likeness (QED) is 0.234. The molecule has 0 saturated carbocycles. The van der Waals surface area contributed by atoms with E-state index >= 15 is 0 Å². The average Bonchev–Trinajstić information content (AvgIpc) is 3.14. The Labute approximate surface area is 219 Å². The molecule has 1 aromatic carbocycles. The second-order valence-corrected chi connectivity index (χ2v) is 10.1. The van der Waals surface area contributed by atoms with Crippen LogP contribution in [0, 0.1) is 6.92 Å². The summed E-state index contributed by atoms with van der Waals surface area (Å²) in [5, 5.41) is 26.5. The molecular formula is C19H18Cl2N3NaO6S. The van der Waals surface area contributed by atoms with Crippen LogP contribution in [-0.2, 0) is 9.59 Å². The van der Waals surface area contributed by atoms with Crippen LogP contribution in [0.5, 0.6) is 0 Å². The number of fused-ring (bicyclic) bond motifs is 1. The number of rotatable bonds is 4. The number of benzene rings is 1. The number of carbonyl (C=O) groups excluding carboxylic acids is 1. The van der Waals surface area contributed by atoms with Gasteiger partial charge in [0.2, 0.25) is 0 Å². The number of carboxylic acids is 1. The summed E-state index contributed by atoms with van der Waals surface area (Å²) in [5.74, 6) is -2.07. The van der Waals surface area contributed by atoms with E-state index in [1.807, 2.05) is 0 Å². The van der Waals surface area contributed by atoms with Crippen molar-refractivity contribution in [1.29, 1.82) is 0 Å². The van der Waals surface area contributed by atoms with Gasteiger partial charge in [-0.1, -0.05) is 34.4 Å². The van der Waals surface area contributed by atoms with Crippen molar-refractivity contribution in [2.24, 2.45) is 4.99 Å². The van der Waals surface area contributed by atoms with Gasteiger partial charge in [-0.15, -0.1) is 11.8 Å². The number of carboxylic acid groups (broad SMARTS) is 1. The second-order valence-electron chi connectivity index (χ2n) is 7.54. The molecular weight excluding hydrogens is 492 g/mol. The van der Waals surface area contributed by atoms with Gasteiger partial charge in [0.05, 0.1) is 15.6 Å². The van der Waals surface area contributed by atoms with Crippen molar-refractivity contribution < 1.29 is 59.4 Å². The first kappa shape index (κ1) is 27.0. The number of aliphatic imine (C=N–C) groups is 1. The van der Waals surface area contributed by atoms with Crippen molar-refractivity contribution in [3.63, 3.8) is 0 Å². The van der Waals surface area contributed by atoms with Gasteiger partial charge in [0, 0.05) is 10.3 Å². The van der Waals surface area contributed by atoms with E-state index in [1.54, 1.807) is 39.0 Å². The summed E-state index contributed by atoms with van der Waals surface area (Å²) in [6.07, 6.45) is 0. The van der Waals surface area contributed by atoms with Crippen LogP contribution >= 0.6 is 35.0 Å². The number of thioether (sulfide) groups is 1. The molecule has 2 fully saturated rings. The SMILES string of the molecule is Cc1onc(-c2c(Cl)cccc2Cl)c1C([O-])=NC1C(=O)N2C1SC(C)(C)C2C(=O)O.O.[Na+]. The summed E-state index contributed by atoms with van der Waals surface area (Å²) < 4.78 is 4.48. The molecule has 2 aliphatic heterocycles. The van der Waals surface area contributed by atoms with Crippen LogP contribution in [0.2, 0.25) is 10.0 Å². The Bertz CT molecular complexity index is 1090. The molecule has 3 N–H and O–H groups in total. The fraction of sp³-hybridized carbons (Fsp3) is 0.368. The number of aromatic nitrogens is 1. The van der Waals surface area contributed by atoms with E-state index in [4.69, 9.17) is 27.7 Å². The molecule has 2 aromatic rings. The molecule has 0 aliphatic carbocycles. The van der Waals surface area contributed by atoms with E-state index in [9.17, 15) is 19.8 Å². The molecule has 166 valence electrons. The topological polar surface area (TPSA) is 151 Å². The predicted molar refractivity (Wildman–Crippen MR) is 114 cm³/mol. The fourth-order valence-electron chi connectivity index (χ4n) is 3.82. The largest absolute Gasteiger partial charge is 1.00 e. The minimum absolute atomic E-state index is 0. The maximum atomic E-state index is 13.0. The third kappa shape index (κ3) is 4.18. The molecule has 9 nitrogen and oxygen atoms in total. The van der Waals surface area contributed by atoms with Crippen LogP contribution in [-0.4, -0.2) is 60.6 Å². The Morgan fingerprint density at radius 2 is 1.94 bits per heavy atom. The number of β-lactam (4-membered cyclic amide) rings is 1. The third-order valence-corrected chi connectivity index (χ3v) is 7.37. The van der Waals surface area contributed by atoms with E-state index in [2.05, 4.69) is 10.1 Å². The van der Waals surface area contributed by atoms with Crippen molar-refractivity contribution in [2.45, 2.75) is 43.0 Å². The number of hydrogen-bond donors (Lipinski definition) is 1. The molecule has 0 bridgehead atoms. The number of aryl methyl sites for hydroxylation is 1. The Balaban J connectivity index is 0.00000181. The first-order valence-corrected chi connectivity index (χ1v) is 10.6. The van der Waals surface area contributed by atoms with Crippen LogP contribution in [0.3, 0.4) is 0 Å². The van der Waals surface area contributed by atoms with Gasteiger partial charge in [0.25, 0.3) is 5.91 Å². The van der Waals surface area contributed by atoms with Gasteiger partial charge in [-0.05, 0) is 38.8 Å². The maximum absolute atomic E-state index is 13.0. The van der Waals surface area contributed by atoms with E-state index in [0.29, 0.717) is 5.56 Å². The second kappa shape index (κ2) is 9.54. The number of carbonyl (C=O) groups is 2. The van der Waals surface area contributed by atoms with Crippen LogP contribution in [0.1, 0.15) is 25.2 Å². The zero-order chi connectivity index (χ0) is 22.0. The molecule has 13 heteroatoms. The first-order chi connectivity index (χ1) is 14.0. The van der Waals surface area contributed by atoms with E-state index in [0.717, 1.165) is 0 Å². The van der Waals surface area contributed by atoms with Crippen molar-refractivity contribution >= 4 is 52.7 Å². The standard InChI is InChI=1S/C19H17Cl2N3O5S.Na.H2O/c1-7-10(12(23-29-7)11-8(20)5-4-6-9(11)21)15(25)22-13-16(26)24-14(18(27)28)19(2,3)30-17(13)24;;/h4-6,13-14,17H,1-3H3,(H,22,25)(H,27,28);;1H2/q;+1;/p-1. The summed E-state index contributed by atoms with van der Waals surface area (Å²) in [4.78, 5) is 29.6. The molecule has 3 atom stereocenters. The minimum atomic E-state index is -1.08. The molecule has 1 amide bonds. The smallest absolute Gasteiger partial charge is 0.858 e. The van der Waals surface area contributed by atoms with Gasteiger partial charge in [-0.3, -0.25) is 9.79 Å². The van der Waals surface area contributed by atoms with Crippen molar-refractivity contribution in [3.05, 3.63) is 39.6 Å². The van der Waals surface area contributed by atoms with Crippen LogP contribution < -0.4 is 34.7 Å². The van der Waals surface area contributed by atoms with Gasteiger partial charge >= 0.3 is 35.5 Å². The number of aliphatic carboxylic acids is 1. The number of hydrogen-bond acceptors (Lipinski definition) is 7. The molecule has 3 unspecified atom stereocenters. The Kier molecular flexibility index (Phi) is 8.04. The number of nitrogens with zero attached hydrogens (tertiary/aromatic N) is 3. The molecule has 2 saturated heterocycles. The van der Waals surface area contributed by atoms with Crippen LogP contribution in [0.4, 0.5) is 0 Å². The molecule has 2 aliphatic rings. The van der Waals surface area contributed by atoms with Gasteiger partial charge in [0.15, 0.2) is 6.04 Å². The Morgan fingerprint density at radius 1 is 1.34 bits per heavy atom. The normalized spacial score (nSPS) is 23.7. The summed E-state index contributed by atoms with van der Waals surface area (Å²) in [5.41, 5.74) is 0.539. The maximum Gasteiger partial charge on any atom is 1.00 e. The Hall–Kier alpha value is -1.27. The molecule has 4 rings (SSSR count). The van der Waals surface area contributed by atoms with Crippen LogP contribution in [0.15, 0.2) is 27.7 Å². The molecule has 3 heterocycles. The Morgan fingerprint density at radius 3 is 2.50 bits per heavy atom. The zero-order valence-electron chi connectivity index (χ0n) is 17.6. The monoisotopic (exact) mass is 509 g/mol. The van der Waals surface area contributed by atoms with Gasteiger partial charge in [0.1, 0.15) is 22.9 Å². The predicted octanol–water partition coefficient (Wildman–Crippen LogP) is -1.24. The average molecular weight is 510 g/mol. The minimum Gasteiger partial charge on any atom is -0.858 e. The van der Waals surface area contributed by atoms with E-state index < -0.39 is 40.0 Å². The van der Waals surface area contributed by atoms with Crippen molar-refractivity contribution in [3.8, 4) is 11.3 Å². The summed E-state index contributed by atoms with van der Waals surface area (Å²) in [6.45, 7) is 5.05. The van der Waals surface area contributed by atoms with Gasteiger partial charge < -0.3 is 25.1 Å².